The number of carbonyl (C=O) groups excluding carboxylic acids is 1. The number of nitriles is 1. The van der Waals surface area contributed by atoms with Gasteiger partial charge in [-0.05, 0) is 29.8 Å². The second-order valence-corrected chi connectivity index (χ2v) is 9.35. The summed E-state index contributed by atoms with van der Waals surface area (Å²) in [6.07, 6.45) is 8.93. The Balaban J connectivity index is 1.29. The number of rotatable bonds is 10. The van der Waals surface area contributed by atoms with E-state index in [0.29, 0.717) is 22.7 Å². The molecule has 0 atom stereocenters. The summed E-state index contributed by atoms with van der Waals surface area (Å²) in [6, 6.07) is 9.39. The van der Waals surface area contributed by atoms with Gasteiger partial charge in [0.05, 0.1) is 40.2 Å². The van der Waals surface area contributed by atoms with Crippen molar-refractivity contribution in [1.82, 2.24) is 30.0 Å². The Hall–Kier alpha value is -4.66. The first-order chi connectivity index (χ1) is 19.6. The molecular weight excluding hydrogens is 510 g/mol. The Morgan fingerprint density at radius 2 is 1.98 bits per heavy atom. The molecule has 0 saturated carbocycles. The summed E-state index contributed by atoms with van der Waals surface area (Å²) in [5.41, 5.74) is 4.01. The number of amides is 1. The lowest BCUT2D eigenvalue weighted by molar-refractivity contribution is -0.117. The summed E-state index contributed by atoms with van der Waals surface area (Å²) in [6.45, 7) is 5.37. The number of benzene rings is 1. The molecule has 2 N–H and O–H groups in total. The molecule has 0 spiro atoms. The van der Waals surface area contributed by atoms with Gasteiger partial charge in [0.25, 0.3) is 5.91 Å². The second kappa shape index (κ2) is 12.5. The molecule has 1 amide bonds. The quantitative estimate of drug-likeness (QED) is 0.232. The number of fused-ring (bicyclic) bond motifs is 1. The average Bonchev–Trinajstić information content (AvgIpc) is 3.64. The van der Waals surface area contributed by atoms with Gasteiger partial charge < -0.3 is 24.5 Å². The molecule has 40 heavy (non-hydrogen) atoms. The van der Waals surface area contributed by atoms with Crippen LogP contribution in [0, 0.1) is 11.3 Å². The Morgan fingerprint density at radius 3 is 2.75 bits per heavy atom. The number of nitrogens with zero attached hydrogens (tertiary/aromatic N) is 5. The standard InChI is InChI=1S/C29H31N7O4/c1-38-26-4-3-20(11-27(26)39-2)15-33-29(37)21(14-30)12-23-17-32-28-25(23)13-22(16-31-28)24-18-34-36(19-24)6-5-35-7-9-40-10-8-35/h3-4,11-13,16-19H,5-10,15H2,1-2H3,(H,31,32)(H,33,37)/b21-12+. The van der Waals surface area contributed by atoms with Crippen molar-refractivity contribution in [2.45, 2.75) is 13.1 Å². The van der Waals surface area contributed by atoms with E-state index >= 15 is 0 Å². The average molecular weight is 542 g/mol. The predicted octanol–water partition coefficient (Wildman–Crippen LogP) is 3.00. The molecule has 11 heteroatoms. The molecule has 1 aliphatic rings. The fourth-order valence-electron chi connectivity index (χ4n) is 4.58. The lowest BCUT2D eigenvalue weighted by Gasteiger charge is -2.26. The van der Waals surface area contributed by atoms with Crippen LogP contribution in [0.15, 0.2) is 54.6 Å². The molecule has 0 aliphatic carbocycles. The zero-order chi connectivity index (χ0) is 27.9. The van der Waals surface area contributed by atoms with Crippen molar-refractivity contribution in [3.63, 3.8) is 0 Å². The number of hydrogen-bond acceptors (Lipinski definition) is 8. The molecule has 4 heterocycles. The van der Waals surface area contributed by atoms with Gasteiger partial charge in [0.15, 0.2) is 11.5 Å². The number of carbonyl (C=O) groups is 1. The first-order valence-corrected chi connectivity index (χ1v) is 13.0. The molecule has 1 saturated heterocycles. The van der Waals surface area contributed by atoms with E-state index in [9.17, 15) is 10.1 Å². The van der Waals surface area contributed by atoms with E-state index in [2.05, 4.69) is 25.3 Å². The summed E-state index contributed by atoms with van der Waals surface area (Å²) in [5.74, 6) is 0.690. The van der Waals surface area contributed by atoms with E-state index in [1.807, 2.05) is 35.3 Å². The maximum absolute atomic E-state index is 12.8. The molecule has 0 bridgehead atoms. The van der Waals surface area contributed by atoms with Crippen LogP contribution in [0.4, 0.5) is 0 Å². The van der Waals surface area contributed by atoms with Crippen LogP contribution in [0.3, 0.4) is 0 Å². The lowest BCUT2D eigenvalue weighted by Crippen LogP contribution is -2.38. The van der Waals surface area contributed by atoms with E-state index in [4.69, 9.17) is 14.2 Å². The molecule has 1 aliphatic heterocycles. The predicted molar refractivity (Wildman–Crippen MR) is 150 cm³/mol. The van der Waals surface area contributed by atoms with E-state index in [1.165, 1.54) is 0 Å². The monoisotopic (exact) mass is 541 g/mol. The highest BCUT2D eigenvalue weighted by atomic mass is 16.5. The molecular formula is C29H31N7O4. The van der Waals surface area contributed by atoms with Gasteiger partial charge in [0.2, 0.25) is 0 Å². The van der Waals surface area contributed by atoms with Crippen LogP contribution in [-0.2, 0) is 22.6 Å². The number of methoxy groups -OCH3 is 2. The van der Waals surface area contributed by atoms with E-state index in [1.54, 1.807) is 44.8 Å². The van der Waals surface area contributed by atoms with Crippen LogP contribution < -0.4 is 14.8 Å². The number of H-pyrrole nitrogens is 1. The van der Waals surface area contributed by atoms with Crippen molar-refractivity contribution in [3.05, 3.63) is 65.8 Å². The van der Waals surface area contributed by atoms with Crippen LogP contribution >= 0.6 is 0 Å². The summed E-state index contributed by atoms with van der Waals surface area (Å²) in [7, 11) is 3.12. The largest absolute Gasteiger partial charge is 0.493 e. The topological polar surface area (TPSA) is 130 Å². The van der Waals surface area contributed by atoms with Gasteiger partial charge in [-0.1, -0.05) is 6.07 Å². The number of nitrogens with one attached hydrogen (secondary N) is 2. The zero-order valence-corrected chi connectivity index (χ0v) is 22.5. The maximum atomic E-state index is 12.8. The molecule has 0 unspecified atom stereocenters. The Bertz CT molecular complexity index is 1560. The summed E-state index contributed by atoms with van der Waals surface area (Å²) < 4.78 is 17.9. The lowest BCUT2D eigenvalue weighted by atomic mass is 10.1. The fraction of sp³-hybridized carbons (Fsp3) is 0.310. The van der Waals surface area contributed by atoms with Gasteiger partial charge in [-0.3, -0.25) is 14.4 Å². The van der Waals surface area contributed by atoms with Crippen LogP contribution in [-0.4, -0.2) is 77.6 Å². The third-order valence-electron chi connectivity index (χ3n) is 6.84. The van der Waals surface area contributed by atoms with Crippen molar-refractivity contribution >= 4 is 23.0 Å². The van der Waals surface area contributed by atoms with Gasteiger partial charge in [-0.2, -0.15) is 10.4 Å². The summed E-state index contributed by atoms with van der Waals surface area (Å²) >= 11 is 0. The van der Waals surface area contributed by atoms with Crippen LogP contribution in [0.1, 0.15) is 11.1 Å². The number of morpholine rings is 1. The van der Waals surface area contributed by atoms with E-state index < -0.39 is 5.91 Å². The molecule has 0 radical (unpaired) electrons. The summed E-state index contributed by atoms with van der Waals surface area (Å²) in [4.78, 5) is 22.9. The van der Waals surface area contributed by atoms with Gasteiger partial charge >= 0.3 is 0 Å². The number of hydrogen-bond donors (Lipinski definition) is 2. The van der Waals surface area contributed by atoms with Crippen LogP contribution in [0.5, 0.6) is 11.5 Å². The molecule has 4 aromatic rings. The van der Waals surface area contributed by atoms with Gasteiger partial charge in [0, 0.05) is 66.8 Å². The fourth-order valence-corrected chi connectivity index (χ4v) is 4.58. The number of aromatic amines is 1. The maximum Gasteiger partial charge on any atom is 0.262 e. The Kier molecular flexibility index (Phi) is 8.39. The van der Waals surface area contributed by atoms with Crippen LogP contribution in [0.2, 0.25) is 0 Å². The molecule has 3 aromatic heterocycles. The highest BCUT2D eigenvalue weighted by molar-refractivity contribution is 6.03. The Morgan fingerprint density at radius 1 is 1.15 bits per heavy atom. The molecule has 5 rings (SSSR count). The van der Waals surface area contributed by atoms with Crippen molar-refractivity contribution in [2.75, 3.05) is 47.1 Å². The highest BCUT2D eigenvalue weighted by Crippen LogP contribution is 2.28. The Labute approximate surface area is 232 Å². The minimum Gasteiger partial charge on any atom is -0.493 e. The minimum absolute atomic E-state index is 0.0114. The smallest absolute Gasteiger partial charge is 0.262 e. The van der Waals surface area contributed by atoms with Gasteiger partial charge in [-0.25, -0.2) is 4.98 Å². The number of aromatic nitrogens is 4. The van der Waals surface area contributed by atoms with E-state index in [-0.39, 0.29) is 12.1 Å². The third kappa shape index (κ3) is 6.14. The first kappa shape index (κ1) is 26.9. The SMILES string of the molecule is COc1ccc(CNC(=O)/C(C#N)=C/c2c[nH]c3ncc(-c4cnn(CCN5CCOCC5)c4)cc23)cc1OC. The van der Waals surface area contributed by atoms with Crippen molar-refractivity contribution in [2.24, 2.45) is 0 Å². The van der Waals surface area contributed by atoms with Crippen molar-refractivity contribution < 1.29 is 19.0 Å². The first-order valence-electron chi connectivity index (χ1n) is 13.0. The van der Waals surface area contributed by atoms with E-state index in [0.717, 1.165) is 61.5 Å². The van der Waals surface area contributed by atoms with Crippen LogP contribution in [0.25, 0.3) is 28.2 Å². The normalized spacial score (nSPS) is 14.2. The molecule has 206 valence electrons. The van der Waals surface area contributed by atoms with Crippen molar-refractivity contribution in [1.29, 1.82) is 5.26 Å². The highest BCUT2D eigenvalue weighted by Gasteiger charge is 2.14. The summed E-state index contributed by atoms with van der Waals surface area (Å²) in [5, 5.41) is 17.9. The molecule has 11 nitrogen and oxygen atoms in total. The molecule has 1 fully saturated rings. The minimum atomic E-state index is -0.475. The van der Waals surface area contributed by atoms with Gasteiger partial charge in [-0.15, -0.1) is 0 Å². The van der Waals surface area contributed by atoms with Gasteiger partial charge in [0.1, 0.15) is 17.3 Å². The second-order valence-electron chi connectivity index (χ2n) is 9.35. The number of pyridine rings is 1. The third-order valence-corrected chi connectivity index (χ3v) is 6.84. The zero-order valence-electron chi connectivity index (χ0n) is 22.5. The number of ether oxygens (including phenoxy) is 3. The molecule has 1 aromatic carbocycles. The van der Waals surface area contributed by atoms with Crippen molar-refractivity contribution in [3.8, 4) is 28.7 Å².